The molecule has 1 aliphatic carbocycles. The average Bonchev–Trinajstić information content (AvgIpc) is 2.32. The Balaban J connectivity index is 2.56. The highest BCUT2D eigenvalue weighted by atomic mass is 16.5. The quantitative estimate of drug-likeness (QED) is 0.452. The topological polar surface area (TPSA) is 9.23 Å². The number of terminal acetylenes is 1. The molecule has 1 saturated carbocycles. The van der Waals surface area contributed by atoms with E-state index in [1.54, 1.807) is 7.11 Å². The van der Waals surface area contributed by atoms with Crippen LogP contribution >= 0.6 is 0 Å². The van der Waals surface area contributed by atoms with Gasteiger partial charge in [-0.3, -0.25) is 0 Å². The molecule has 0 heterocycles. The fourth-order valence-corrected chi connectivity index (χ4v) is 2.01. The summed E-state index contributed by atoms with van der Waals surface area (Å²) in [6.07, 6.45) is 13.1. The molecule has 0 aliphatic heterocycles. The number of methoxy groups -OCH3 is 1. The van der Waals surface area contributed by atoms with Crippen LogP contribution in [0.15, 0.2) is 0 Å². The van der Waals surface area contributed by atoms with Crippen molar-refractivity contribution < 1.29 is 4.74 Å². The summed E-state index contributed by atoms with van der Waals surface area (Å²) < 4.78 is 5.19. The van der Waals surface area contributed by atoms with Crippen molar-refractivity contribution >= 4 is 0 Å². The Hall–Kier alpha value is -0.480. The van der Waals surface area contributed by atoms with Crippen molar-refractivity contribution in [2.45, 2.75) is 38.5 Å². The van der Waals surface area contributed by atoms with Gasteiger partial charge in [-0.2, -0.15) is 0 Å². The molecule has 1 heteroatoms. The molecule has 1 aliphatic rings. The normalized spacial score (nSPS) is 22.7. The highest BCUT2D eigenvalue weighted by molar-refractivity contribution is 5.06. The van der Waals surface area contributed by atoms with Crippen molar-refractivity contribution in [3.05, 3.63) is 0 Å². The lowest BCUT2D eigenvalue weighted by molar-refractivity contribution is 0.107. The largest absolute Gasteiger partial charge is 0.383 e. The molecule has 0 aromatic heterocycles. The molecule has 12 heavy (non-hydrogen) atoms. The van der Waals surface area contributed by atoms with Gasteiger partial charge in [0.2, 0.25) is 0 Å². The molecule has 68 valence electrons. The van der Waals surface area contributed by atoms with E-state index >= 15 is 0 Å². The fraction of sp³-hybridized carbons (Fsp3) is 0.818. The van der Waals surface area contributed by atoms with Crippen molar-refractivity contribution in [3.63, 3.8) is 0 Å². The lowest BCUT2D eigenvalue weighted by atomic mass is 9.82. The summed E-state index contributed by atoms with van der Waals surface area (Å²) in [5, 5.41) is 0. The highest BCUT2D eigenvalue weighted by Crippen LogP contribution is 2.34. The molecule has 0 aromatic rings. The number of hydrogen-bond acceptors (Lipinski definition) is 1. The standard InChI is InChI=1S/C11H18O/c1-3-11(10-12-2)8-6-4-5-7-9-11/h1H,4-10H2,2H3. The summed E-state index contributed by atoms with van der Waals surface area (Å²) in [7, 11) is 1.74. The van der Waals surface area contributed by atoms with Crippen LogP contribution in [0.25, 0.3) is 0 Å². The minimum atomic E-state index is 0.0608. The summed E-state index contributed by atoms with van der Waals surface area (Å²) in [4.78, 5) is 0. The van der Waals surface area contributed by atoms with Gasteiger partial charge in [-0.15, -0.1) is 6.42 Å². The van der Waals surface area contributed by atoms with Gasteiger partial charge in [-0.05, 0) is 12.8 Å². The summed E-state index contributed by atoms with van der Waals surface area (Å²) >= 11 is 0. The van der Waals surface area contributed by atoms with Crippen LogP contribution in [0.4, 0.5) is 0 Å². The van der Waals surface area contributed by atoms with Gasteiger partial charge in [0.15, 0.2) is 0 Å². The van der Waals surface area contributed by atoms with E-state index < -0.39 is 0 Å². The van der Waals surface area contributed by atoms with E-state index in [-0.39, 0.29) is 5.41 Å². The van der Waals surface area contributed by atoms with Crippen LogP contribution in [-0.4, -0.2) is 13.7 Å². The smallest absolute Gasteiger partial charge is 0.0628 e. The van der Waals surface area contributed by atoms with Crippen molar-refractivity contribution in [3.8, 4) is 12.3 Å². The van der Waals surface area contributed by atoms with Crippen LogP contribution in [0, 0.1) is 17.8 Å². The first-order chi connectivity index (χ1) is 5.83. The molecular weight excluding hydrogens is 148 g/mol. The Kier molecular flexibility index (Phi) is 3.62. The van der Waals surface area contributed by atoms with Crippen molar-refractivity contribution in [1.29, 1.82) is 0 Å². The van der Waals surface area contributed by atoms with E-state index in [2.05, 4.69) is 5.92 Å². The molecule has 0 radical (unpaired) electrons. The third-order valence-corrected chi connectivity index (χ3v) is 2.79. The third-order valence-electron chi connectivity index (χ3n) is 2.79. The van der Waals surface area contributed by atoms with Crippen LogP contribution in [0.1, 0.15) is 38.5 Å². The van der Waals surface area contributed by atoms with Gasteiger partial charge in [0.25, 0.3) is 0 Å². The zero-order valence-electron chi connectivity index (χ0n) is 7.94. The molecule has 0 spiro atoms. The van der Waals surface area contributed by atoms with E-state index in [4.69, 9.17) is 11.2 Å². The fourth-order valence-electron chi connectivity index (χ4n) is 2.01. The van der Waals surface area contributed by atoms with Gasteiger partial charge in [0.1, 0.15) is 0 Å². The van der Waals surface area contributed by atoms with Crippen molar-refractivity contribution in [1.82, 2.24) is 0 Å². The average molecular weight is 166 g/mol. The Bertz CT molecular complexity index is 158. The number of rotatable bonds is 2. The molecule has 0 unspecified atom stereocenters. The van der Waals surface area contributed by atoms with E-state index in [9.17, 15) is 0 Å². The van der Waals surface area contributed by atoms with E-state index in [1.807, 2.05) is 0 Å². The molecule has 0 aromatic carbocycles. The van der Waals surface area contributed by atoms with E-state index in [0.717, 1.165) is 19.4 Å². The lowest BCUT2D eigenvalue weighted by Gasteiger charge is -2.25. The predicted octanol–water partition coefficient (Wildman–Crippen LogP) is 2.61. The van der Waals surface area contributed by atoms with Gasteiger partial charge in [0, 0.05) is 7.11 Å². The monoisotopic (exact) mass is 166 g/mol. The highest BCUT2D eigenvalue weighted by Gasteiger charge is 2.28. The van der Waals surface area contributed by atoms with Crippen molar-refractivity contribution in [2.75, 3.05) is 13.7 Å². The van der Waals surface area contributed by atoms with Gasteiger partial charge in [0.05, 0.1) is 12.0 Å². The lowest BCUT2D eigenvalue weighted by Crippen LogP contribution is -2.23. The van der Waals surface area contributed by atoms with E-state index in [1.165, 1.54) is 25.7 Å². The van der Waals surface area contributed by atoms with Crippen LogP contribution in [0.3, 0.4) is 0 Å². The summed E-state index contributed by atoms with van der Waals surface area (Å²) in [6, 6.07) is 0. The Morgan fingerprint density at radius 1 is 1.25 bits per heavy atom. The first-order valence-electron chi connectivity index (χ1n) is 4.80. The summed E-state index contributed by atoms with van der Waals surface area (Å²) in [5.41, 5.74) is 0.0608. The van der Waals surface area contributed by atoms with Gasteiger partial charge < -0.3 is 4.74 Å². The first kappa shape index (κ1) is 9.61. The minimum Gasteiger partial charge on any atom is -0.383 e. The SMILES string of the molecule is C#CC1(COC)CCCCCC1. The Morgan fingerprint density at radius 3 is 2.25 bits per heavy atom. The molecular formula is C11H18O. The molecule has 1 fully saturated rings. The van der Waals surface area contributed by atoms with Gasteiger partial charge >= 0.3 is 0 Å². The third kappa shape index (κ3) is 2.25. The summed E-state index contributed by atoms with van der Waals surface area (Å²) in [5.74, 6) is 2.93. The zero-order chi connectivity index (χ0) is 8.86. The molecule has 0 bridgehead atoms. The number of hydrogen-bond donors (Lipinski definition) is 0. The molecule has 0 amide bonds. The molecule has 0 N–H and O–H groups in total. The molecule has 0 saturated heterocycles. The molecule has 0 atom stereocenters. The van der Waals surface area contributed by atoms with E-state index in [0.29, 0.717) is 0 Å². The summed E-state index contributed by atoms with van der Waals surface area (Å²) in [6.45, 7) is 0.740. The Labute approximate surface area is 75.5 Å². The van der Waals surface area contributed by atoms with Crippen LogP contribution in [0.2, 0.25) is 0 Å². The van der Waals surface area contributed by atoms with Gasteiger partial charge in [-0.1, -0.05) is 31.6 Å². The second-order valence-electron chi connectivity index (χ2n) is 3.77. The predicted molar refractivity (Wildman–Crippen MR) is 50.8 cm³/mol. The maximum Gasteiger partial charge on any atom is 0.0628 e. The number of ether oxygens (including phenoxy) is 1. The van der Waals surface area contributed by atoms with Gasteiger partial charge in [-0.25, -0.2) is 0 Å². The molecule has 1 nitrogen and oxygen atoms in total. The second kappa shape index (κ2) is 4.52. The Morgan fingerprint density at radius 2 is 1.83 bits per heavy atom. The maximum atomic E-state index is 5.56. The van der Waals surface area contributed by atoms with Crippen LogP contribution < -0.4 is 0 Å². The minimum absolute atomic E-state index is 0.0608. The van der Waals surface area contributed by atoms with Crippen molar-refractivity contribution in [2.24, 2.45) is 5.41 Å². The zero-order valence-corrected chi connectivity index (χ0v) is 7.94. The molecule has 1 rings (SSSR count). The first-order valence-corrected chi connectivity index (χ1v) is 4.80. The van der Waals surface area contributed by atoms with Crippen LogP contribution in [0.5, 0.6) is 0 Å². The van der Waals surface area contributed by atoms with Crippen LogP contribution in [-0.2, 0) is 4.74 Å². The second-order valence-corrected chi connectivity index (χ2v) is 3.77. The maximum absolute atomic E-state index is 5.56.